The maximum Gasteiger partial charge on any atom is 0.225 e. The van der Waals surface area contributed by atoms with Crippen molar-refractivity contribution in [3.8, 4) is 0 Å². The molecule has 2 aliphatic rings. The monoisotopic (exact) mass is 318 g/mol. The van der Waals surface area contributed by atoms with Gasteiger partial charge in [0.1, 0.15) is 0 Å². The molecule has 4 atom stereocenters. The van der Waals surface area contributed by atoms with E-state index in [1.54, 1.807) is 6.92 Å². The summed E-state index contributed by atoms with van der Waals surface area (Å²) in [6.45, 7) is 4.95. The molecule has 21 heavy (non-hydrogen) atoms. The molecule has 1 heterocycles. The Hall–Kier alpha value is -0.660. The summed E-state index contributed by atoms with van der Waals surface area (Å²) in [7, 11) is -3.39. The molecule has 2 rings (SSSR count). The van der Waals surface area contributed by atoms with Gasteiger partial charge in [-0.25, -0.2) is 13.1 Å². The molecule has 1 aliphatic carbocycles. The number of nitrogens with zero attached hydrogens (tertiary/aromatic N) is 1. The second-order valence-electron chi connectivity index (χ2n) is 6.59. The first-order valence-corrected chi connectivity index (χ1v) is 9.38. The van der Waals surface area contributed by atoms with Crippen LogP contribution in [0.3, 0.4) is 0 Å². The number of carbonyl (C=O) groups is 1. The van der Waals surface area contributed by atoms with Gasteiger partial charge in [0.05, 0.1) is 11.9 Å². The molecular formula is C14H26N2O4S. The molecule has 0 aromatic carbocycles. The fourth-order valence-electron chi connectivity index (χ4n) is 2.92. The number of aliphatic hydroxyl groups excluding tert-OH is 1. The number of likely N-dealkylation sites (tertiary alicyclic amines) is 1. The lowest BCUT2D eigenvalue weighted by Gasteiger charge is -2.33. The van der Waals surface area contributed by atoms with Gasteiger partial charge in [-0.3, -0.25) is 4.79 Å². The molecule has 6 nitrogen and oxygen atoms in total. The fraction of sp³-hybridized carbons (Fsp3) is 0.929. The van der Waals surface area contributed by atoms with Gasteiger partial charge in [-0.15, -0.1) is 0 Å². The van der Waals surface area contributed by atoms with E-state index in [4.69, 9.17) is 5.11 Å². The maximum atomic E-state index is 12.2. The molecule has 1 amide bonds. The van der Waals surface area contributed by atoms with Crippen LogP contribution in [0.4, 0.5) is 0 Å². The van der Waals surface area contributed by atoms with Crippen molar-refractivity contribution in [3.63, 3.8) is 0 Å². The minimum Gasteiger partial charge on any atom is -0.392 e. The Bertz CT molecular complexity index is 477. The highest BCUT2D eigenvalue weighted by molar-refractivity contribution is 7.89. The van der Waals surface area contributed by atoms with Gasteiger partial charge in [0.15, 0.2) is 0 Å². The molecule has 0 spiro atoms. The highest BCUT2D eigenvalue weighted by Crippen LogP contribution is 2.39. The SMILES string of the molecule is CC(O)CNS(=O)(=O)CC1CCCN(C(=O)C2CC2C)C1. The lowest BCUT2D eigenvalue weighted by Crippen LogP contribution is -2.44. The Labute approximate surface area is 126 Å². The van der Waals surface area contributed by atoms with Crippen molar-refractivity contribution in [2.75, 3.05) is 25.4 Å². The van der Waals surface area contributed by atoms with Gasteiger partial charge in [0, 0.05) is 25.6 Å². The molecule has 0 bridgehead atoms. The molecule has 1 saturated carbocycles. The fourth-order valence-corrected chi connectivity index (χ4v) is 4.42. The van der Waals surface area contributed by atoms with Crippen LogP contribution in [-0.4, -0.2) is 55.8 Å². The summed E-state index contributed by atoms with van der Waals surface area (Å²) in [5.74, 6) is 0.858. The van der Waals surface area contributed by atoms with E-state index in [2.05, 4.69) is 11.6 Å². The molecule has 2 fully saturated rings. The maximum absolute atomic E-state index is 12.2. The summed E-state index contributed by atoms with van der Waals surface area (Å²) in [5.41, 5.74) is 0. The van der Waals surface area contributed by atoms with Crippen LogP contribution < -0.4 is 4.72 Å². The smallest absolute Gasteiger partial charge is 0.225 e. The second kappa shape index (κ2) is 6.62. The summed E-state index contributed by atoms with van der Waals surface area (Å²) >= 11 is 0. The predicted molar refractivity (Wildman–Crippen MR) is 80.0 cm³/mol. The van der Waals surface area contributed by atoms with Crippen molar-refractivity contribution >= 4 is 15.9 Å². The van der Waals surface area contributed by atoms with Crippen LogP contribution in [0.25, 0.3) is 0 Å². The molecule has 1 saturated heterocycles. The van der Waals surface area contributed by atoms with Gasteiger partial charge < -0.3 is 10.0 Å². The van der Waals surface area contributed by atoms with E-state index in [0.717, 1.165) is 25.8 Å². The van der Waals surface area contributed by atoms with E-state index in [-0.39, 0.29) is 30.0 Å². The number of hydrogen-bond acceptors (Lipinski definition) is 4. The number of nitrogens with one attached hydrogen (secondary N) is 1. The molecule has 4 unspecified atom stereocenters. The predicted octanol–water partition coefficient (Wildman–Crippen LogP) is 0.181. The number of sulfonamides is 1. The number of rotatable bonds is 6. The summed E-state index contributed by atoms with van der Waals surface area (Å²) in [6, 6.07) is 0. The van der Waals surface area contributed by atoms with E-state index >= 15 is 0 Å². The Morgan fingerprint density at radius 3 is 2.71 bits per heavy atom. The van der Waals surface area contributed by atoms with Gasteiger partial charge in [0.25, 0.3) is 0 Å². The quantitative estimate of drug-likeness (QED) is 0.731. The molecule has 7 heteroatoms. The van der Waals surface area contributed by atoms with Crippen LogP contribution in [0.2, 0.25) is 0 Å². The normalized spacial score (nSPS) is 31.0. The zero-order chi connectivity index (χ0) is 15.6. The third kappa shape index (κ3) is 4.93. The van der Waals surface area contributed by atoms with Crippen molar-refractivity contribution in [1.29, 1.82) is 0 Å². The standard InChI is InChI=1S/C14H26N2O4S/c1-10-6-13(10)14(18)16-5-3-4-12(8-16)9-21(19,20)15-7-11(2)17/h10-13,15,17H,3-9H2,1-2H3. The van der Waals surface area contributed by atoms with E-state index in [0.29, 0.717) is 12.5 Å². The first-order valence-electron chi connectivity index (χ1n) is 7.72. The molecule has 0 radical (unpaired) electrons. The van der Waals surface area contributed by atoms with Crippen molar-refractivity contribution in [2.45, 2.75) is 39.2 Å². The first-order chi connectivity index (χ1) is 9.78. The van der Waals surface area contributed by atoms with Crippen LogP contribution in [0.5, 0.6) is 0 Å². The average Bonchev–Trinajstić information content (AvgIpc) is 3.13. The highest BCUT2D eigenvalue weighted by atomic mass is 32.2. The Kier molecular flexibility index (Phi) is 5.27. The second-order valence-corrected chi connectivity index (χ2v) is 8.44. The lowest BCUT2D eigenvalue weighted by atomic mass is 9.99. The number of piperidine rings is 1. The minimum atomic E-state index is -3.39. The minimum absolute atomic E-state index is 0.0109. The van der Waals surface area contributed by atoms with E-state index < -0.39 is 16.1 Å². The van der Waals surface area contributed by atoms with Gasteiger partial charge >= 0.3 is 0 Å². The third-order valence-corrected chi connectivity index (χ3v) is 5.83. The van der Waals surface area contributed by atoms with Gasteiger partial charge in [0.2, 0.25) is 15.9 Å². The van der Waals surface area contributed by atoms with Crippen molar-refractivity contribution in [3.05, 3.63) is 0 Å². The molecule has 122 valence electrons. The van der Waals surface area contributed by atoms with Crippen LogP contribution >= 0.6 is 0 Å². The Morgan fingerprint density at radius 2 is 2.14 bits per heavy atom. The number of hydrogen-bond donors (Lipinski definition) is 2. The van der Waals surface area contributed by atoms with Gasteiger partial charge in [-0.1, -0.05) is 6.92 Å². The third-order valence-electron chi connectivity index (χ3n) is 4.31. The average molecular weight is 318 g/mol. The summed E-state index contributed by atoms with van der Waals surface area (Å²) in [6.07, 6.45) is 1.97. The number of aliphatic hydroxyl groups is 1. The van der Waals surface area contributed by atoms with E-state index in [9.17, 15) is 13.2 Å². The largest absolute Gasteiger partial charge is 0.392 e. The van der Waals surface area contributed by atoms with Crippen molar-refractivity contribution < 1.29 is 18.3 Å². The van der Waals surface area contributed by atoms with E-state index in [1.165, 1.54) is 0 Å². The van der Waals surface area contributed by atoms with Gasteiger partial charge in [-0.05, 0) is 38.0 Å². The van der Waals surface area contributed by atoms with Crippen LogP contribution in [-0.2, 0) is 14.8 Å². The zero-order valence-corrected chi connectivity index (χ0v) is 13.6. The van der Waals surface area contributed by atoms with Crippen molar-refractivity contribution in [2.24, 2.45) is 17.8 Å². The number of carbonyl (C=O) groups excluding carboxylic acids is 1. The zero-order valence-electron chi connectivity index (χ0n) is 12.8. The molecule has 0 aromatic heterocycles. The highest BCUT2D eigenvalue weighted by Gasteiger charge is 2.42. The first kappa shape index (κ1) is 16.7. The lowest BCUT2D eigenvalue weighted by molar-refractivity contribution is -0.134. The molecule has 1 aliphatic heterocycles. The summed E-state index contributed by atoms with van der Waals surface area (Å²) in [4.78, 5) is 14.1. The topological polar surface area (TPSA) is 86.7 Å². The summed E-state index contributed by atoms with van der Waals surface area (Å²) in [5, 5.41) is 9.15. The molecule has 0 aromatic rings. The molecular weight excluding hydrogens is 292 g/mol. The Morgan fingerprint density at radius 1 is 1.48 bits per heavy atom. The molecule has 2 N–H and O–H groups in total. The van der Waals surface area contributed by atoms with Crippen molar-refractivity contribution in [1.82, 2.24) is 9.62 Å². The summed E-state index contributed by atoms with van der Waals surface area (Å²) < 4.78 is 26.3. The van der Waals surface area contributed by atoms with Crippen LogP contribution in [0.1, 0.15) is 33.1 Å². The van der Waals surface area contributed by atoms with Crippen LogP contribution in [0.15, 0.2) is 0 Å². The van der Waals surface area contributed by atoms with Gasteiger partial charge in [-0.2, -0.15) is 0 Å². The van der Waals surface area contributed by atoms with Crippen LogP contribution in [0, 0.1) is 17.8 Å². The number of amides is 1. The Balaban J connectivity index is 1.85. The van der Waals surface area contributed by atoms with E-state index in [1.807, 2.05) is 4.90 Å².